The van der Waals surface area contributed by atoms with Gasteiger partial charge < -0.3 is 10.2 Å². The van der Waals surface area contributed by atoms with Crippen molar-refractivity contribution in [2.45, 2.75) is 31.7 Å². The molecule has 0 spiro atoms. The number of thiophene rings is 1. The van der Waals surface area contributed by atoms with Crippen molar-refractivity contribution < 1.29 is 4.79 Å². The molecule has 2 fully saturated rings. The number of nitrogens with zero attached hydrogens (tertiary/aromatic N) is 1. The Labute approximate surface area is 140 Å². The van der Waals surface area contributed by atoms with Gasteiger partial charge in [-0.25, -0.2) is 0 Å². The fourth-order valence-electron chi connectivity index (χ4n) is 3.24. The fraction of sp³-hybridized carbons (Fsp3) is 0.643. The average molecular weight is 422 g/mol. The minimum Gasteiger partial charge on any atom is -0.338 e. The van der Waals surface area contributed by atoms with Crippen LogP contribution in [-0.4, -0.2) is 36.5 Å². The number of amides is 1. The molecule has 6 heteroatoms. The Bertz CT molecular complexity index is 480. The molecule has 0 aromatic carbocycles. The van der Waals surface area contributed by atoms with E-state index in [1.807, 2.05) is 11.0 Å². The number of halogens is 2. The molecule has 1 N–H and O–H groups in total. The minimum absolute atomic E-state index is 0.184. The van der Waals surface area contributed by atoms with Gasteiger partial charge in [0, 0.05) is 23.6 Å². The normalized spacial score (nSPS) is 27.0. The molecule has 3 heterocycles. The molecule has 3 rings (SSSR count). The first-order valence-electron chi connectivity index (χ1n) is 7.12. The lowest BCUT2D eigenvalue weighted by atomic mass is 9.89. The van der Waals surface area contributed by atoms with Gasteiger partial charge in [0.05, 0.1) is 8.66 Å². The highest BCUT2D eigenvalue weighted by Gasteiger charge is 2.31. The van der Waals surface area contributed by atoms with Gasteiger partial charge in [-0.05, 0) is 76.1 Å². The molecule has 0 saturated carbocycles. The van der Waals surface area contributed by atoms with E-state index in [2.05, 4.69) is 37.2 Å². The van der Waals surface area contributed by atoms with E-state index in [1.165, 1.54) is 30.6 Å². The van der Waals surface area contributed by atoms with E-state index in [4.69, 9.17) is 0 Å². The molecule has 1 amide bonds. The number of likely N-dealkylation sites (tertiary alicyclic amines) is 1. The Morgan fingerprint density at radius 2 is 2.20 bits per heavy atom. The third-order valence-corrected chi connectivity index (χ3v) is 7.51. The van der Waals surface area contributed by atoms with Gasteiger partial charge >= 0.3 is 0 Å². The number of carbonyl (C=O) groups is 1. The molecular formula is C14H18Br2N2OS. The lowest BCUT2D eigenvalue weighted by Gasteiger charge is -2.35. The van der Waals surface area contributed by atoms with Gasteiger partial charge in [-0.3, -0.25) is 4.79 Å². The van der Waals surface area contributed by atoms with Crippen molar-refractivity contribution in [3.63, 3.8) is 0 Å². The van der Waals surface area contributed by atoms with Crippen LogP contribution in [0.25, 0.3) is 0 Å². The molecule has 1 aromatic rings. The Morgan fingerprint density at radius 3 is 2.85 bits per heavy atom. The van der Waals surface area contributed by atoms with E-state index in [-0.39, 0.29) is 5.91 Å². The molecule has 20 heavy (non-hydrogen) atoms. The Balaban J connectivity index is 1.68. The average Bonchev–Trinajstić information content (AvgIpc) is 3.09. The SMILES string of the molecule is O=C(c1cc(Br)c(Br)s1)N1CCCC(C2CCCN2)C1. The van der Waals surface area contributed by atoms with Crippen molar-refractivity contribution in [1.29, 1.82) is 0 Å². The molecule has 2 aliphatic rings. The number of rotatable bonds is 2. The maximum Gasteiger partial charge on any atom is 0.264 e. The topological polar surface area (TPSA) is 32.3 Å². The van der Waals surface area contributed by atoms with Crippen molar-refractivity contribution in [3.05, 3.63) is 19.2 Å². The molecule has 110 valence electrons. The minimum atomic E-state index is 0.184. The number of hydrogen-bond donors (Lipinski definition) is 1. The molecule has 2 unspecified atom stereocenters. The molecule has 1 aromatic heterocycles. The van der Waals surface area contributed by atoms with E-state index in [1.54, 1.807) is 0 Å². The van der Waals surface area contributed by atoms with Crippen LogP contribution in [-0.2, 0) is 0 Å². The van der Waals surface area contributed by atoms with E-state index in [0.717, 1.165) is 39.2 Å². The van der Waals surface area contributed by atoms with Crippen LogP contribution in [0.5, 0.6) is 0 Å². The summed E-state index contributed by atoms with van der Waals surface area (Å²) in [5.41, 5.74) is 0. The maximum absolute atomic E-state index is 12.6. The maximum atomic E-state index is 12.6. The zero-order chi connectivity index (χ0) is 14.1. The largest absolute Gasteiger partial charge is 0.338 e. The highest BCUT2D eigenvalue weighted by Crippen LogP contribution is 2.34. The quantitative estimate of drug-likeness (QED) is 0.785. The summed E-state index contributed by atoms with van der Waals surface area (Å²) in [5, 5.41) is 3.59. The van der Waals surface area contributed by atoms with E-state index < -0.39 is 0 Å². The first kappa shape index (κ1) is 15.0. The summed E-state index contributed by atoms with van der Waals surface area (Å²) in [6.45, 7) is 2.94. The second-order valence-electron chi connectivity index (χ2n) is 5.59. The predicted octanol–water partition coefficient (Wildman–Crippen LogP) is 3.88. The number of nitrogens with one attached hydrogen (secondary N) is 1. The summed E-state index contributed by atoms with van der Waals surface area (Å²) in [7, 11) is 0. The highest BCUT2D eigenvalue weighted by molar-refractivity contribution is 9.13. The van der Waals surface area contributed by atoms with Crippen molar-refractivity contribution in [2.75, 3.05) is 19.6 Å². The van der Waals surface area contributed by atoms with Crippen LogP contribution < -0.4 is 5.32 Å². The van der Waals surface area contributed by atoms with Crippen LogP contribution in [0.15, 0.2) is 14.3 Å². The summed E-state index contributed by atoms with van der Waals surface area (Å²) in [4.78, 5) is 15.5. The smallest absolute Gasteiger partial charge is 0.264 e. The van der Waals surface area contributed by atoms with E-state index in [0.29, 0.717) is 12.0 Å². The molecule has 2 atom stereocenters. The number of hydrogen-bond acceptors (Lipinski definition) is 3. The Morgan fingerprint density at radius 1 is 1.35 bits per heavy atom. The van der Waals surface area contributed by atoms with E-state index in [9.17, 15) is 4.79 Å². The molecular weight excluding hydrogens is 404 g/mol. The summed E-state index contributed by atoms with van der Waals surface area (Å²) in [6.07, 6.45) is 4.92. The molecule has 0 bridgehead atoms. The Kier molecular flexibility index (Phi) is 4.85. The lowest BCUT2D eigenvalue weighted by Crippen LogP contribution is -2.45. The third kappa shape index (κ3) is 3.13. The number of piperidine rings is 1. The van der Waals surface area contributed by atoms with Crippen molar-refractivity contribution in [3.8, 4) is 0 Å². The zero-order valence-electron chi connectivity index (χ0n) is 11.2. The number of carbonyl (C=O) groups excluding carboxylic acids is 1. The summed E-state index contributed by atoms with van der Waals surface area (Å²) in [6, 6.07) is 2.54. The lowest BCUT2D eigenvalue weighted by molar-refractivity contribution is 0.0656. The first-order chi connectivity index (χ1) is 9.65. The van der Waals surface area contributed by atoms with Crippen LogP contribution in [0.4, 0.5) is 0 Å². The third-order valence-electron chi connectivity index (χ3n) is 4.27. The van der Waals surface area contributed by atoms with Crippen LogP contribution >= 0.6 is 43.2 Å². The van der Waals surface area contributed by atoms with Gasteiger partial charge in [0.25, 0.3) is 5.91 Å². The van der Waals surface area contributed by atoms with Crippen LogP contribution in [0.3, 0.4) is 0 Å². The van der Waals surface area contributed by atoms with Crippen molar-refractivity contribution in [1.82, 2.24) is 10.2 Å². The van der Waals surface area contributed by atoms with Crippen molar-refractivity contribution in [2.24, 2.45) is 5.92 Å². The summed E-state index contributed by atoms with van der Waals surface area (Å²) < 4.78 is 1.96. The van der Waals surface area contributed by atoms with Gasteiger partial charge in [0.15, 0.2) is 0 Å². The summed E-state index contributed by atoms with van der Waals surface area (Å²) >= 11 is 8.43. The van der Waals surface area contributed by atoms with Crippen molar-refractivity contribution >= 4 is 49.1 Å². The van der Waals surface area contributed by atoms with Gasteiger partial charge in [-0.1, -0.05) is 0 Å². The first-order valence-corrected chi connectivity index (χ1v) is 9.53. The van der Waals surface area contributed by atoms with Gasteiger partial charge in [-0.15, -0.1) is 11.3 Å². The van der Waals surface area contributed by atoms with Crippen LogP contribution in [0, 0.1) is 5.92 Å². The van der Waals surface area contributed by atoms with E-state index >= 15 is 0 Å². The predicted molar refractivity (Wildman–Crippen MR) is 89.4 cm³/mol. The van der Waals surface area contributed by atoms with Crippen LogP contribution in [0.1, 0.15) is 35.4 Å². The van der Waals surface area contributed by atoms with Gasteiger partial charge in [-0.2, -0.15) is 0 Å². The second-order valence-corrected chi connectivity index (χ2v) is 8.81. The van der Waals surface area contributed by atoms with Gasteiger partial charge in [0.2, 0.25) is 0 Å². The second kappa shape index (κ2) is 6.46. The highest BCUT2D eigenvalue weighted by atomic mass is 79.9. The molecule has 3 nitrogen and oxygen atoms in total. The zero-order valence-corrected chi connectivity index (χ0v) is 15.2. The molecule has 0 aliphatic carbocycles. The summed E-state index contributed by atoms with van der Waals surface area (Å²) in [5.74, 6) is 0.811. The molecule has 2 saturated heterocycles. The van der Waals surface area contributed by atoms with Crippen LogP contribution in [0.2, 0.25) is 0 Å². The fourth-order valence-corrected chi connectivity index (χ4v) is 5.25. The standard InChI is InChI=1S/C14H18Br2N2OS/c15-10-7-12(20-13(10)16)14(19)18-6-2-3-9(8-18)11-4-1-5-17-11/h7,9,11,17H,1-6,8H2. The monoisotopic (exact) mass is 420 g/mol. The Hall–Kier alpha value is 0.0900. The molecule has 2 aliphatic heterocycles. The van der Waals surface area contributed by atoms with Gasteiger partial charge in [0.1, 0.15) is 0 Å². The molecule has 0 radical (unpaired) electrons.